The summed E-state index contributed by atoms with van der Waals surface area (Å²) in [6, 6.07) is -2.06. The molecule has 15 heavy (non-hydrogen) atoms. The van der Waals surface area contributed by atoms with Gasteiger partial charge in [-0.1, -0.05) is 6.08 Å². The van der Waals surface area contributed by atoms with Gasteiger partial charge in [-0.3, -0.25) is 5.41 Å². The first-order valence-corrected chi connectivity index (χ1v) is 4.11. The van der Waals surface area contributed by atoms with Crippen molar-refractivity contribution in [2.45, 2.75) is 0 Å². The molecule has 0 atom stereocenters. The summed E-state index contributed by atoms with van der Waals surface area (Å²) in [4.78, 5) is 23.1. The second kappa shape index (κ2) is 6.41. The van der Waals surface area contributed by atoms with E-state index in [1.165, 1.54) is 20.2 Å². The van der Waals surface area contributed by atoms with Gasteiger partial charge >= 0.3 is 18.1 Å². The highest BCUT2D eigenvalue weighted by Gasteiger charge is 2.25. The van der Waals surface area contributed by atoms with E-state index in [0.29, 0.717) is 4.90 Å². The lowest BCUT2D eigenvalue weighted by molar-refractivity contribution is 0.196. The molecule has 7 heteroatoms. The van der Waals surface area contributed by atoms with Crippen molar-refractivity contribution in [2.75, 3.05) is 20.7 Å². The summed E-state index contributed by atoms with van der Waals surface area (Å²) in [6.07, 6.45) is 1.45. The Bertz CT molecular complexity index is 261. The molecule has 0 aliphatic rings. The van der Waals surface area contributed by atoms with Crippen LogP contribution in [0.5, 0.6) is 0 Å². The predicted molar refractivity (Wildman–Crippen MR) is 54.6 cm³/mol. The minimum atomic E-state index is -0.749. The number of carbonyl (C=O) groups excluding carboxylic acids is 2. The van der Waals surface area contributed by atoms with E-state index in [0.717, 1.165) is 0 Å². The Morgan fingerprint density at radius 2 is 2.13 bits per heavy atom. The van der Waals surface area contributed by atoms with Crippen LogP contribution in [0.25, 0.3) is 0 Å². The van der Waals surface area contributed by atoms with Crippen LogP contribution in [0.1, 0.15) is 0 Å². The topological polar surface area (TPSA) is 94.5 Å². The fraction of sp³-hybridized carbons (Fsp3) is 0.375. The van der Waals surface area contributed by atoms with Gasteiger partial charge in [-0.25, -0.2) is 9.59 Å². The van der Waals surface area contributed by atoms with Crippen LogP contribution in [0.4, 0.5) is 9.59 Å². The number of ether oxygens (including phenoxy) is 1. The molecular formula is C8H14N4O3. The van der Waals surface area contributed by atoms with E-state index >= 15 is 0 Å². The average Bonchev–Trinajstić information content (AvgIpc) is 2.25. The SMILES string of the molecule is C=CCNC(=O)N(C(=N)OC)C(=O)NC. The molecule has 0 heterocycles. The lowest BCUT2D eigenvalue weighted by atomic mass is 10.6. The number of urea groups is 2. The number of hydrogen-bond donors (Lipinski definition) is 3. The minimum absolute atomic E-state index is 0.198. The number of rotatable bonds is 2. The summed E-state index contributed by atoms with van der Waals surface area (Å²) in [5.74, 6) is 0. The summed E-state index contributed by atoms with van der Waals surface area (Å²) >= 11 is 0. The maximum atomic E-state index is 11.4. The van der Waals surface area contributed by atoms with Crippen LogP contribution in [-0.2, 0) is 4.74 Å². The van der Waals surface area contributed by atoms with E-state index in [4.69, 9.17) is 5.41 Å². The Labute approximate surface area is 87.6 Å². The summed E-state index contributed by atoms with van der Waals surface area (Å²) in [6.45, 7) is 3.60. The zero-order valence-electron chi connectivity index (χ0n) is 8.66. The zero-order valence-corrected chi connectivity index (χ0v) is 8.66. The van der Waals surface area contributed by atoms with Gasteiger partial charge in [-0.15, -0.1) is 6.58 Å². The van der Waals surface area contributed by atoms with Gasteiger partial charge in [0.25, 0.3) is 0 Å². The number of amidine groups is 1. The van der Waals surface area contributed by atoms with Crippen molar-refractivity contribution in [2.24, 2.45) is 0 Å². The number of nitrogens with one attached hydrogen (secondary N) is 3. The van der Waals surface area contributed by atoms with Crippen molar-refractivity contribution in [3.8, 4) is 0 Å². The van der Waals surface area contributed by atoms with Crippen molar-refractivity contribution in [3.05, 3.63) is 12.7 Å². The lowest BCUT2D eigenvalue weighted by Gasteiger charge is -2.18. The van der Waals surface area contributed by atoms with Crippen molar-refractivity contribution >= 4 is 18.1 Å². The van der Waals surface area contributed by atoms with Crippen molar-refractivity contribution in [1.82, 2.24) is 15.5 Å². The molecule has 0 bridgehead atoms. The zero-order chi connectivity index (χ0) is 11.8. The maximum absolute atomic E-state index is 11.4. The Morgan fingerprint density at radius 1 is 1.53 bits per heavy atom. The first-order chi connectivity index (χ1) is 7.08. The number of amides is 4. The Hall–Kier alpha value is -2.05. The molecule has 7 nitrogen and oxygen atoms in total. The lowest BCUT2D eigenvalue weighted by Crippen LogP contribution is -2.51. The van der Waals surface area contributed by atoms with Crippen molar-refractivity contribution in [1.29, 1.82) is 5.41 Å². The highest BCUT2D eigenvalue weighted by molar-refractivity contribution is 6.08. The van der Waals surface area contributed by atoms with E-state index in [2.05, 4.69) is 21.9 Å². The minimum Gasteiger partial charge on any atom is -0.468 e. The van der Waals surface area contributed by atoms with Crippen LogP contribution in [0, 0.1) is 5.41 Å². The number of nitrogens with zero attached hydrogens (tertiary/aromatic N) is 1. The molecule has 0 aliphatic carbocycles. The van der Waals surface area contributed by atoms with Crippen LogP contribution in [-0.4, -0.2) is 43.7 Å². The summed E-state index contributed by atoms with van der Waals surface area (Å²) in [7, 11) is 2.54. The van der Waals surface area contributed by atoms with E-state index in [1.54, 1.807) is 0 Å². The smallest absolute Gasteiger partial charge is 0.334 e. The monoisotopic (exact) mass is 214 g/mol. The van der Waals surface area contributed by atoms with Gasteiger partial charge in [0.05, 0.1) is 7.11 Å². The molecule has 0 saturated carbocycles. The first kappa shape index (κ1) is 12.9. The van der Waals surface area contributed by atoms with Gasteiger partial charge in [0.1, 0.15) is 0 Å². The molecule has 3 N–H and O–H groups in total. The number of imide groups is 1. The van der Waals surface area contributed by atoms with Crippen molar-refractivity contribution in [3.63, 3.8) is 0 Å². The third-order valence-electron chi connectivity index (χ3n) is 1.41. The standard InChI is InChI=1S/C8H14N4O3/c1-4-5-11-8(14)12(6(9)15-3)7(13)10-2/h4,9H,1,5H2,2-3H3,(H,10,13)(H,11,14). The molecular weight excluding hydrogens is 200 g/mol. The van der Waals surface area contributed by atoms with Crippen LogP contribution in [0.15, 0.2) is 12.7 Å². The molecule has 0 spiro atoms. The molecule has 84 valence electrons. The van der Waals surface area contributed by atoms with Gasteiger partial charge in [0.15, 0.2) is 0 Å². The molecule has 0 aromatic heterocycles. The third kappa shape index (κ3) is 3.67. The maximum Gasteiger partial charge on any atom is 0.334 e. The van der Waals surface area contributed by atoms with Gasteiger partial charge in [-0.05, 0) is 0 Å². The van der Waals surface area contributed by atoms with Crippen LogP contribution < -0.4 is 10.6 Å². The number of hydrogen-bond acceptors (Lipinski definition) is 4. The van der Waals surface area contributed by atoms with E-state index in [9.17, 15) is 9.59 Å². The molecule has 0 aromatic rings. The fourth-order valence-corrected chi connectivity index (χ4v) is 0.718. The van der Waals surface area contributed by atoms with Crippen LogP contribution >= 0.6 is 0 Å². The molecule has 0 aromatic carbocycles. The molecule has 0 fully saturated rings. The summed E-state index contributed by atoms with van der Waals surface area (Å²) < 4.78 is 4.50. The second-order valence-electron chi connectivity index (χ2n) is 2.37. The van der Waals surface area contributed by atoms with Gasteiger partial charge in [0, 0.05) is 13.6 Å². The fourth-order valence-electron chi connectivity index (χ4n) is 0.718. The van der Waals surface area contributed by atoms with Gasteiger partial charge in [-0.2, -0.15) is 4.90 Å². The second-order valence-corrected chi connectivity index (χ2v) is 2.37. The Balaban J connectivity index is 4.62. The van der Waals surface area contributed by atoms with Crippen molar-refractivity contribution < 1.29 is 14.3 Å². The first-order valence-electron chi connectivity index (χ1n) is 4.11. The molecule has 0 rings (SSSR count). The van der Waals surface area contributed by atoms with E-state index < -0.39 is 18.1 Å². The van der Waals surface area contributed by atoms with Crippen LogP contribution in [0.2, 0.25) is 0 Å². The molecule has 0 saturated heterocycles. The Kier molecular flexibility index (Phi) is 5.53. The molecule has 0 aliphatic heterocycles. The van der Waals surface area contributed by atoms with Gasteiger partial charge < -0.3 is 15.4 Å². The largest absolute Gasteiger partial charge is 0.468 e. The van der Waals surface area contributed by atoms with Crippen LogP contribution in [0.3, 0.4) is 0 Å². The third-order valence-corrected chi connectivity index (χ3v) is 1.41. The number of carbonyl (C=O) groups is 2. The van der Waals surface area contributed by atoms with E-state index in [1.807, 2.05) is 0 Å². The molecule has 0 radical (unpaired) electrons. The summed E-state index contributed by atoms with van der Waals surface area (Å²) in [5, 5.41) is 11.8. The average molecular weight is 214 g/mol. The van der Waals surface area contributed by atoms with Gasteiger partial charge in [0.2, 0.25) is 0 Å². The highest BCUT2D eigenvalue weighted by atomic mass is 16.5. The highest BCUT2D eigenvalue weighted by Crippen LogP contribution is 1.93. The quantitative estimate of drug-likeness (QED) is 0.346. The molecule has 0 unspecified atom stereocenters. The predicted octanol–water partition coefficient (Wildman–Crippen LogP) is 0.105. The normalized spacial score (nSPS) is 8.67. The summed E-state index contributed by atoms with van der Waals surface area (Å²) in [5.41, 5.74) is 0. The van der Waals surface area contributed by atoms with E-state index in [-0.39, 0.29) is 6.54 Å². The Morgan fingerprint density at radius 3 is 2.53 bits per heavy atom. The molecule has 4 amide bonds. The number of methoxy groups -OCH3 is 1.